The first kappa shape index (κ1) is 51.2. The molecule has 0 aliphatic carbocycles. The summed E-state index contributed by atoms with van der Waals surface area (Å²) >= 11 is 0. The SMILES string of the molecule is C=CC(=O)N1CCN(c2nc(O[C@H](C)[C@H]3CCCN3C)nc3c2CCN(c2cc(O)cc4ccccc24)C3)CC1.C[C@@H](Oc1nc2c(c(N3CCCCC3)n1)CCN(c1cc(O)cc3ccccc13)C2)[C@H]1CCCN1C. The Labute approximate surface area is 447 Å². The van der Waals surface area contributed by atoms with Crippen LogP contribution in [0.3, 0.4) is 0 Å². The third kappa shape index (κ3) is 10.8. The highest BCUT2D eigenvalue weighted by molar-refractivity contribution is 5.97. The van der Waals surface area contributed by atoms with E-state index in [0.717, 1.165) is 126 Å². The Morgan fingerprint density at radius 3 is 1.49 bits per heavy atom. The molecule has 4 saturated heterocycles. The number of piperidine rings is 1. The van der Waals surface area contributed by atoms with Crippen molar-refractivity contribution in [3.05, 3.63) is 108 Å². The molecule has 8 heterocycles. The summed E-state index contributed by atoms with van der Waals surface area (Å²) in [6.45, 7) is 17.8. The van der Waals surface area contributed by atoms with Crippen molar-refractivity contribution in [3.63, 3.8) is 0 Å². The zero-order chi connectivity index (χ0) is 52.5. The molecule has 400 valence electrons. The van der Waals surface area contributed by atoms with Crippen LogP contribution in [0.2, 0.25) is 0 Å². The number of likely N-dealkylation sites (tertiary alicyclic amines) is 2. The Hall–Kier alpha value is -6.91. The van der Waals surface area contributed by atoms with Gasteiger partial charge < -0.3 is 44.2 Å². The monoisotopic (exact) mass is 1030 g/mol. The van der Waals surface area contributed by atoms with E-state index in [9.17, 15) is 15.0 Å². The van der Waals surface area contributed by atoms with E-state index in [1.54, 1.807) is 6.07 Å². The molecule has 2 aromatic heterocycles. The van der Waals surface area contributed by atoms with Gasteiger partial charge in [0.05, 0.1) is 24.5 Å². The minimum atomic E-state index is -0.0323. The summed E-state index contributed by atoms with van der Waals surface area (Å²) in [7, 11) is 4.33. The third-order valence-electron chi connectivity index (χ3n) is 16.9. The highest BCUT2D eigenvalue weighted by Crippen LogP contribution is 2.39. The number of phenolic OH excluding ortho intramolecular Hbond substituents is 2. The number of piperazine rings is 1. The van der Waals surface area contributed by atoms with Gasteiger partial charge in [-0.15, -0.1) is 0 Å². The fraction of sp³-hybridized carbons (Fsp3) is 0.483. The quantitative estimate of drug-likeness (QED) is 0.120. The molecule has 16 heteroatoms. The van der Waals surface area contributed by atoms with Gasteiger partial charge in [0.1, 0.15) is 35.3 Å². The van der Waals surface area contributed by atoms with Crippen LogP contribution in [-0.2, 0) is 30.7 Å². The van der Waals surface area contributed by atoms with Crippen molar-refractivity contribution >= 4 is 50.5 Å². The minimum absolute atomic E-state index is 0.0307. The number of ether oxygens (including phenoxy) is 2. The van der Waals surface area contributed by atoms with Crippen molar-refractivity contribution in [2.45, 2.75) is 109 Å². The fourth-order valence-corrected chi connectivity index (χ4v) is 12.8. The number of amides is 1. The van der Waals surface area contributed by atoms with Crippen LogP contribution in [0.15, 0.2) is 85.5 Å². The van der Waals surface area contributed by atoms with E-state index >= 15 is 0 Å². The number of rotatable bonds is 11. The zero-order valence-electron chi connectivity index (χ0n) is 44.9. The highest BCUT2D eigenvalue weighted by Gasteiger charge is 2.34. The lowest BCUT2D eigenvalue weighted by molar-refractivity contribution is -0.126. The predicted molar refractivity (Wildman–Crippen MR) is 301 cm³/mol. The number of benzene rings is 4. The van der Waals surface area contributed by atoms with Gasteiger partial charge in [-0.05, 0) is 128 Å². The Bertz CT molecular complexity index is 3070. The molecular weight excluding hydrogens is 955 g/mol. The van der Waals surface area contributed by atoms with Crippen LogP contribution in [-0.4, -0.2) is 155 Å². The molecule has 4 fully saturated rings. The standard InChI is InChI=1S/C31H38N6O3.C29H37N5O2/c1-4-29(39)35-14-16-36(17-15-35)30-25-11-13-37(28-19-23(38)18-22-8-5-6-9-24(22)28)20-26(25)32-31(33-30)40-21(2)27-10-7-12-34(27)3;1-20(26-11-8-13-32(26)2)36-29-30-25-19-34(27-18-22(35)17-21-9-4-5-10-23(21)27)16-12-24(25)28(31-29)33-14-6-3-7-15-33/h4-6,8-9,18-19,21,27,38H,1,7,10-17,20H2,2-3H3;4-5,9-10,17-18,20,26,35H,3,6-8,11-16,19H2,1-2H3/t21-,27-;20-,26-/m11/s1. The van der Waals surface area contributed by atoms with Crippen LogP contribution in [0.1, 0.15) is 81.3 Å². The molecule has 0 unspecified atom stereocenters. The van der Waals surface area contributed by atoms with E-state index in [1.807, 2.05) is 47.4 Å². The van der Waals surface area contributed by atoms with Crippen molar-refractivity contribution in [2.24, 2.45) is 0 Å². The molecule has 4 atom stereocenters. The second-order valence-electron chi connectivity index (χ2n) is 21.8. The van der Waals surface area contributed by atoms with Gasteiger partial charge in [0, 0.05) is 110 Å². The normalized spacial score (nSPS) is 21.0. The number of likely N-dealkylation sites (N-methyl/N-ethyl adjacent to an activating group) is 2. The van der Waals surface area contributed by atoms with E-state index in [1.165, 1.54) is 43.7 Å². The first-order valence-corrected chi connectivity index (χ1v) is 27.9. The summed E-state index contributed by atoms with van der Waals surface area (Å²) in [6.07, 6.45) is 11.4. The topological polar surface area (TPSA) is 150 Å². The molecule has 2 N–H and O–H groups in total. The molecule has 76 heavy (non-hydrogen) atoms. The van der Waals surface area contributed by atoms with Gasteiger partial charge >= 0.3 is 12.0 Å². The molecule has 0 spiro atoms. The molecule has 6 aliphatic heterocycles. The summed E-state index contributed by atoms with van der Waals surface area (Å²) in [6, 6.07) is 25.4. The van der Waals surface area contributed by atoms with Gasteiger partial charge in [0.15, 0.2) is 0 Å². The van der Waals surface area contributed by atoms with Gasteiger partial charge in [0.2, 0.25) is 5.91 Å². The van der Waals surface area contributed by atoms with Crippen molar-refractivity contribution in [1.82, 2.24) is 34.6 Å². The van der Waals surface area contributed by atoms with Gasteiger partial charge in [-0.1, -0.05) is 55.1 Å². The van der Waals surface area contributed by atoms with Crippen LogP contribution < -0.4 is 29.1 Å². The maximum Gasteiger partial charge on any atom is 0.318 e. The van der Waals surface area contributed by atoms with Crippen molar-refractivity contribution in [3.8, 4) is 23.5 Å². The van der Waals surface area contributed by atoms with Gasteiger partial charge in [0.25, 0.3) is 0 Å². The van der Waals surface area contributed by atoms with Crippen LogP contribution >= 0.6 is 0 Å². The molecule has 1 amide bonds. The van der Waals surface area contributed by atoms with E-state index in [4.69, 9.17) is 29.4 Å². The van der Waals surface area contributed by atoms with Gasteiger partial charge in [-0.25, -0.2) is 0 Å². The van der Waals surface area contributed by atoms with Crippen molar-refractivity contribution in [1.29, 1.82) is 0 Å². The number of nitrogens with zero attached hydrogens (tertiary/aromatic N) is 11. The first-order valence-electron chi connectivity index (χ1n) is 27.9. The van der Waals surface area contributed by atoms with Crippen molar-refractivity contribution in [2.75, 3.05) is 99.1 Å². The van der Waals surface area contributed by atoms with E-state index < -0.39 is 0 Å². The number of anilines is 4. The second kappa shape index (κ2) is 22.4. The smallest absolute Gasteiger partial charge is 0.318 e. The molecular formula is C60H75N11O5. The Morgan fingerprint density at radius 1 is 0.579 bits per heavy atom. The molecule has 6 aliphatic rings. The zero-order valence-corrected chi connectivity index (χ0v) is 44.9. The summed E-state index contributed by atoms with van der Waals surface area (Å²) in [5.74, 6) is 2.51. The minimum Gasteiger partial charge on any atom is -0.508 e. The second-order valence-corrected chi connectivity index (χ2v) is 21.8. The van der Waals surface area contributed by atoms with Crippen molar-refractivity contribution < 1.29 is 24.5 Å². The number of fused-ring (bicyclic) bond motifs is 4. The molecule has 0 bridgehead atoms. The van der Waals surface area contributed by atoms with Crippen LogP contribution in [0.5, 0.6) is 23.5 Å². The van der Waals surface area contributed by atoms with Crippen LogP contribution in [0, 0.1) is 0 Å². The number of hydrogen-bond donors (Lipinski definition) is 2. The summed E-state index contributed by atoms with van der Waals surface area (Å²) in [5, 5.41) is 25.2. The maximum atomic E-state index is 12.2. The van der Waals surface area contributed by atoms with E-state index in [0.29, 0.717) is 69.1 Å². The lowest BCUT2D eigenvalue weighted by Crippen LogP contribution is -2.49. The number of phenols is 2. The van der Waals surface area contributed by atoms with Crippen LogP contribution in [0.4, 0.5) is 23.0 Å². The van der Waals surface area contributed by atoms with Gasteiger partial charge in [-0.2, -0.15) is 19.9 Å². The van der Waals surface area contributed by atoms with Gasteiger partial charge in [-0.3, -0.25) is 14.6 Å². The maximum absolute atomic E-state index is 12.2. The number of aromatic nitrogens is 4. The number of carbonyl (C=O) groups excluding carboxylic acids is 1. The lowest BCUT2D eigenvalue weighted by Gasteiger charge is -2.38. The Morgan fingerprint density at radius 2 is 1.04 bits per heavy atom. The third-order valence-corrected chi connectivity index (χ3v) is 16.9. The molecule has 0 radical (unpaired) electrons. The Kier molecular flexibility index (Phi) is 15.1. The number of carbonyl (C=O) groups is 1. The Balaban J connectivity index is 0.000000163. The summed E-state index contributed by atoms with van der Waals surface area (Å²) in [5.41, 5.74) is 6.46. The molecule has 0 saturated carbocycles. The molecule has 12 rings (SSSR count). The van der Waals surface area contributed by atoms with E-state index in [-0.39, 0.29) is 23.9 Å². The summed E-state index contributed by atoms with van der Waals surface area (Å²) in [4.78, 5) is 48.1. The summed E-state index contributed by atoms with van der Waals surface area (Å²) < 4.78 is 12.9. The molecule has 6 aromatic rings. The molecule has 4 aromatic carbocycles. The average molecular weight is 1030 g/mol. The lowest BCUT2D eigenvalue weighted by atomic mass is 10.0. The predicted octanol–water partition coefficient (Wildman–Crippen LogP) is 8.34. The van der Waals surface area contributed by atoms with E-state index in [2.05, 4.69) is 88.2 Å². The number of aromatic hydroxyl groups is 2. The largest absolute Gasteiger partial charge is 0.508 e. The number of hydrogen-bond acceptors (Lipinski definition) is 15. The highest BCUT2D eigenvalue weighted by atomic mass is 16.5. The van der Waals surface area contributed by atoms with Crippen LogP contribution in [0.25, 0.3) is 21.5 Å². The molecule has 16 nitrogen and oxygen atoms in total. The fourth-order valence-electron chi connectivity index (χ4n) is 12.8. The average Bonchev–Trinajstić information content (AvgIpc) is 4.09. The first-order chi connectivity index (χ1) is 37.0.